The summed E-state index contributed by atoms with van der Waals surface area (Å²) >= 11 is 0. The molecule has 0 aromatic heterocycles. The Kier molecular flexibility index (Phi) is 4.31. The predicted octanol–water partition coefficient (Wildman–Crippen LogP) is 3.27. The molecule has 3 heteroatoms. The maximum Gasteiger partial charge on any atom is 0.308 e. The molecule has 1 aliphatic carbocycles. The Balaban J connectivity index is 2.69. The van der Waals surface area contributed by atoms with Crippen LogP contribution in [-0.2, 0) is 17.6 Å². The summed E-state index contributed by atoms with van der Waals surface area (Å²) in [5.74, 6) is 0.210. The number of fused-ring (bicyclic) bond motifs is 1. The first-order valence-corrected chi connectivity index (χ1v) is 7.31. The van der Waals surface area contributed by atoms with Crippen LogP contribution in [0.2, 0.25) is 0 Å². The zero-order valence-corrected chi connectivity index (χ0v) is 13.2. The van der Waals surface area contributed by atoms with E-state index in [0.29, 0.717) is 11.5 Å². The zero-order valence-electron chi connectivity index (χ0n) is 13.2. The molecule has 2 rings (SSSR count). The highest BCUT2D eigenvalue weighted by Crippen LogP contribution is 2.34. The number of esters is 1. The van der Waals surface area contributed by atoms with Crippen molar-refractivity contribution < 1.29 is 9.53 Å². The van der Waals surface area contributed by atoms with Crippen molar-refractivity contribution in [1.82, 2.24) is 0 Å². The molecule has 0 heterocycles. The van der Waals surface area contributed by atoms with E-state index in [1.165, 1.54) is 12.5 Å². The van der Waals surface area contributed by atoms with Crippen molar-refractivity contribution in [2.24, 2.45) is 5.92 Å². The molecule has 0 fully saturated rings. The third-order valence-corrected chi connectivity index (χ3v) is 4.25. The zero-order chi connectivity index (χ0) is 15.7. The van der Waals surface area contributed by atoms with Gasteiger partial charge < -0.3 is 4.74 Å². The Labute approximate surface area is 125 Å². The topological polar surface area (TPSA) is 43.4 Å². The second kappa shape index (κ2) is 5.84. The van der Waals surface area contributed by atoms with Gasteiger partial charge in [-0.15, -0.1) is 0 Å². The highest BCUT2D eigenvalue weighted by atomic mass is 16.5. The molecule has 21 heavy (non-hydrogen) atoms. The first-order chi connectivity index (χ1) is 9.81. The van der Waals surface area contributed by atoms with Gasteiger partial charge in [0.15, 0.2) is 5.75 Å². The van der Waals surface area contributed by atoms with Crippen LogP contribution in [-0.4, -0.2) is 5.97 Å². The summed E-state index contributed by atoms with van der Waals surface area (Å²) in [6, 6.07) is 1.90. The molecule has 0 saturated carbocycles. The van der Waals surface area contributed by atoms with Crippen molar-refractivity contribution in [3.63, 3.8) is 0 Å². The lowest BCUT2D eigenvalue weighted by Gasteiger charge is -2.25. The summed E-state index contributed by atoms with van der Waals surface area (Å²) in [5.41, 5.74) is 4.73. The number of hydrogen-bond acceptors (Lipinski definition) is 3. The first kappa shape index (κ1) is 15.5. The standard InChI is InChI=1S/C18H22O3/c1-10(2)14-6-7-15-16(9-14)11(3)8-12(4)17(20)18(15)21-13(5)19/h8,14H,1,6-7,9H2,2-5H3. The molecule has 1 unspecified atom stereocenters. The van der Waals surface area contributed by atoms with Crippen LogP contribution in [0.1, 0.15) is 42.5 Å². The van der Waals surface area contributed by atoms with E-state index in [1.54, 1.807) is 6.92 Å². The van der Waals surface area contributed by atoms with Crippen molar-refractivity contribution in [2.75, 3.05) is 0 Å². The number of carbonyl (C=O) groups excluding carboxylic acids is 1. The fourth-order valence-electron chi connectivity index (χ4n) is 3.06. The Morgan fingerprint density at radius 3 is 2.48 bits per heavy atom. The molecule has 0 spiro atoms. The van der Waals surface area contributed by atoms with Gasteiger partial charge in [-0.05, 0) is 57.1 Å². The third-order valence-electron chi connectivity index (χ3n) is 4.25. The lowest BCUT2D eigenvalue weighted by atomic mass is 9.80. The summed E-state index contributed by atoms with van der Waals surface area (Å²) in [5, 5.41) is 0. The van der Waals surface area contributed by atoms with Gasteiger partial charge in [-0.3, -0.25) is 9.59 Å². The van der Waals surface area contributed by atoms with Crippen molar-refractivity contribution >= 4 is 5.97 Å². The summed E-state index contributed by atoms with van der Waals surface area (Å²) < 4.78 is 5.26. The number of aryl methyl sites for hydroxylation is 2. The van der Waals surface area contributed by atoms with Crippen LogP contribution in [0.4, 0.5) is 0 Å². The monoisotopic (exact) mass is 286 g/mol. The van der Waals surface area contributed by atoms with Gasteiger partial charge in [-0.25, -0.2) is 0 Å². The minimum Gasteiger partial charge on any atom is -0.422 e. The molecule has 0 N–H and O–H groups in total. The molecule has 1 atom stereocenters. The molecular formula is C18H22O3. The van der Waals surface area contributed by atoms with Crippen molar-refractivity contribution in [3.8, 4) is 5.75 Å². The number of hydrogen-bond donors (Lipinski definition) is 0. The quantitative estimate of drug-likeness (QED) is 0.619. The third kappa shape index (κ3) is 3.07. The predicted molar refractivity (Wildman–Crippen MR) is 83.8 cm³/mol. The van der Waals surface area contributed by atoms with Crippen molar-refractivity contribution in [3.05, 3.63) is 50.7 Å². The van der Waals surface area contributed by atoms with Crippen LogP contribution in [0.3, 0.4) is 0 Å². The highest BCUT2D eigenvalue weighted by molar-refractivity contribution is 5.70. The molecule has 0 amide bonds. The van der Waals surface area contributed by atoms with Gasteiger partial charge in [0, 0.05) is 18.1 Å². The van der Waals surface area contributed by atoms with Gasteiger partial charge in [0.25, 0.3) is 0 Å². The average Bonchev–Trinajstić information content (AvgIpc) is 2.49. The van der Waals surface area contributed by atoms with E-state index in [9.17, 15) is 9.59 Å². The van der Waals surface area contributed by atoms with Crippen LogP contribution < -0.4 is 10.2 Å². The van der Waals surface area contributed by atoms with E-state index in [4.69, 9.17) is 4.74 Å². The minimum atomic E-state index is -0.445. The van der Waals surface area contributed by atoms with E-state index in [-0.39, 0.29) is 11.2 Å². The molecule has 1 aromatic carbocycles. The van der Waals surface area contributed by atoms with E-state index in [1.807, 2.05) is 19.9 Å². The van der Waals surface area contributed by atoms with Gasteiger partial charge in [0.1, 0.15) is 0 Å². The molecule has 112 valence electrons. The highest BCUT2D eigenvalue weighted by Gasteiger charge is 2.25. The van der Waals surface area contributed by atoms with Gasteiger partial charge in [0.05, 0.1) is 0 Å². The number of ether oxygens (including phenoxy) is 1. The largest absolute Gasteiger partial charge is 0.422 e. The van der Waals surface area contributed by atoms with Crippen LogP contribution in [0, 0.1) is 19.8 Å². The number of carbonyl (C=O) groups is 1. The van der Waals surface area contributed by atoms with Crippen LogP contribution in [0.15, 0.2) is 23.0 Å². The molecule has 3 nitrogen and oxygen atoms in total. The minimum absolute atomic E-state index is 0.177. The Bertz CT molecular complexity index is 671. The smallest absolute Gasteiger partial charge is 0.308 e. The van der Waals surface area contributed by atoms with Crippen LogP contribution in [0.5, 0.6) is 5.75 Å². The average molecular weight is 286 g/mol. The van der Waals surface area contributed by atoms with Gasteiger partial charge in [-0.1, -0.05) is 18.2 Å². The molecule has 1 aromatic rings. The molecule has 0 bridgehead atoms. The summed E-state index contributed by atoms with van der Waals surface area (Å²) in [6.07, 6.45) is 2.55. The lowest BCUT2D eigenvalue weighted by Crippen LogP contribution is -2.19. The normalized spacial score (nSPS) is 17.0. The summed E-state index contributed by atoms with van der Waals surface area (Å²) in [6.45, 7) is 11.2. The maximum absolute atomic E-state index is 12.4. The Morgan fingerprint density at radius 2 is 1.90 bits per heavy atom. The molecule has 1 aliphatic rings. The fourth-order valence-corrected chi connectivity index (χ4v) is 3.06. The van der Waals surface area contributed by atoms with Gasteiger partial charge in [-0.2, -0.15) is 0 Å². The van der Waals surface area contributed by atoms with E-state index >= 15 is 0 Å². The molecule has 0 radical (unpaired) electrons. The van der Waals surface area contributed by atoms with Gasteiger partial charge in [0.2, 0.25) is 5.43 Å². The number of allylic oxidation sites excluding steroid dienone is 1. The Hall–Kier alpha value is -1.90. The fraction of sp³-hybridized carbons (Fsp3) is 0.444. The summed E-state index contributed by atoms with van der Waals surface area (Å²) in [7, 11) is 0. The lowest BCUT2D eigenvalue weighted by molar-refractivity contribution is -0.132. The van der Waals surface area contributed by atoms with Crippen LogP contribution in [0.25, 0.3) is 0 Å². The molecular weight excluding hydrogens is 264 g/mol. The second-order valence-corrected chi connectivity index (χ2v) is 6.01. The maximum atomic E-state index is 12.4. The summed E-state index contributed by atoms with van der Waals surface area (Å²) in [4.78, 5) is 23.8. The molecule has 0 aliphatic heterocycles. The van der Waals surface area contributed by atoms with E-state index in [2.05, 4.69) is 6.58 Å². The van der Waals surface area contributed by atoms with Crippen molar-refractivity contribution in [1.29, 1.82) is 0 Å². The first-order valence-electron chi connectivity index (χ1n) is 7.31. The van der Waals surface area contributed by atoms with Crippen molar-refractivity contribution in [2.45, 2.75) is 47.0 Å². The van der Waals surface area contributed by atoms with Crippen LogP contribution >= 0.6 is 0 Å². The molecule has 0 saturated heterocycles. The SMILES string of the molecule is C=C(C)C1CCc2c(c(C)cc(C)c(=O)c2OC(C)=O)C1. The second-order valence-electron chi connectivity index (χ2n) is 6.01. The number of rotatable bonds is 2. The van der Waals surface area contributed by atoms with Gasteiger partial charge >= 0.3 is 5.97 Å². The van der Waals surface area contributed by atoms with E-state index in [0.717, 1.165) is 36.0 Å². The van der Waals surface area contributed by atoms with E-state index < -0.39 is 5.97 Å². The Morgan fingerprint density at radius 1 is 1.24 bits per heavy atom.